The quantitative estimate of drug-likeness (QED) is 0.550. The number of aliphatic carboxylic acids is 1. The molecule has 0 aliphatic heterocycles. The predicted octanol–water partition coefficient (Wildman–Crippen LogP) is 0.556. The Hall–Kier alpha value is -1.97. The molecule has 1 rings (SSSR count). The molecule has 9 heteroatoms. The topological polar surface area (TPSA) is 147 Å². The molecule has 1 amide bonds. The van der Waals surface area contributed by atoms with Gasteiger partial charge < -0.3 is 16.2 Å². The highest BCUT2D eigenvalue weighted by molar-refractivity contribution is 7.85. The third kappa shape index (κ3) is 9.61. The Morgan fingerprint density at radius 1 is 1.26 bits per heavy atom. The molecule has 0 radical (unpaired) electrons. The highest BCUT2D eigenvalue weighted by atomic mass is 32.2. The Balaban J connectivity index is 0.000000422. The zero-order chi connectivity index (χ0) is 18.0. The lowest BCUT2D eigenvalue weighted by Gasteiger charge is -2.05. The number of hydrogen-bond donors (Lipinski definition) is 4. The first-order valence-corrected chi connectivity index (χ1v) is 8.31. The van der Waals surface area contributed by atoms with Gasteiger partial charge in [0.2, 0.25) is 5.91 Å². The number of amides is 1. The predicted molar refractivity (Wildman–Crippen MR) is 84.5 cm³/mol. The number of rotatable bonds is 6. The van der Waals surface area contributed by atoms with E-state index in [0.29, 0.717) is 6.54 Å². The summed E-state index contributed by atoms with van der Waals surface area (Å²) in [5.41, 5.74) is 6.14. The normalized spacial score (nSPS) is 11.8. The van der Waals surface area contributed by atoms with Crippen LogP contribution in [0, 0.1) is 6.92 Å². The van der Waals surface area contributed by atoms with Crippen molar-refractivity contribution < 1.29 is 27.7 Å². The first-order valence-electron chi connectivity index (χ1n) is 6.87. The smallest absolute Gasteiger partial charge is 0.320 e. The molecular weight excluding hydrogens is 324 g/mol. The van der Waals surface area contributed by atoms with Gasteiger partial charge in [0.25, 0.3) is 10.1 Å². The van der Waals surface area contributed by atoms with E-state index in [1.165, 1.54) is 12.1 Å². The maximum atomic E-state index is 10.8. The summed E-state index contributed by atoms with van der Waals surface area (Å²) in [6.07, 6.45) is 0.350. The number of carboxylic acids is 1. The number of nitrogens with one attached hydrogen (secondary N) is 1. The van der Waals surface area contributed by atoms with E-state index in [-0.39, 0.29) is 23.6 Å². The van der Waals surface area contributed by atoms with Crippen molar-refractivity contribution >= 4 is 22.0 Å². The van der Waals surface area contributed by atoms with Gasteiger partial charge in [-0.25, -0.2) is 0 Å². The molecule has 130 valence electrons. The monoisotopic (exact) mass is 346 g/mol. The number of benzene rings is 1. The number of carbonyl (C=O) groups is 2. The zero-order valence-electron chi connectivity index (χ0n) is 13.0. The standard InChI is InChI=1S/C7H14N2O3.C7H8O3S/c1-2-9-6(10)4-3-5(8)7(11)12;1-6-2-4-7(5-3-6)11(8,9)10/h5H,2-4,8H2,1H3,(H,9,10)(H,11,12);2-5H,1H3,(H,8,9,10)/t5-;/m0./s1. The van der Waals surface area contributed by atoms with Crippen molar-refractivity contribution in [3.63, 3.8) is 0 Å². The minimum absolute atomic E-state index is 0.0666. The lowest BCUT2D eigenvalue weighted by molar-refractivity contribution is -0.138. The maximum Gasteiger partial charge on any atom is 0.320 e. The van der Waals surface area contributed by atoms with Crippen LogP contribution in [0.1, 0.15) is 25.3 Å². The Kier molecular flexibility index (Phi) is 9.08. The Bertz CT molecular complexity index is 613. The first kappa shape index (κ1) is 21.0. The average Bonchev–Trinajstić information content (AvgIpc) is 2.45. The summed E-state index contributed by atoms with van der Waals surface area (Å²) in [5.74, 6) is -1.23. The Morgan fingerprint density at radius 2 is 1.78 bits per heavy atom. The van der Waals surface area contributed by atoms with Gasteiger partial charge in [-0.3, -0.25) is 14.1 Å². The number of carboxylic acid groups (broad SMARTS) is 1. The molecule has 0 unspecified atom stereocenters. The van der Waals surface area contributed by atoms with Crippen LogP contribution >= 0.6 is 0 Å². The molecule has 0 saturated carbocycles. The van der Waals surface area contributed by atoms with Crippen LogP contribution in [0.4, 0.5) is 0 Å². The average molecular weight is 346 g/mol. The number of hydrogen-bond acceptors (Lipinski definition) is 5. The molecule has 1 aromatic rings. The summed E-state index contributed by atoms with van der Waals surface area (Å²) in [7, 11) is -4.02. The zero-order valence-corrected chi connectivity index (χ0v) is 13.8. The Labute approximate surface area is 135 Å². The van der Waals surface area contributed by atoms with Crippen molar-refractivity contribution in [2.24, 2.45) is 5.73 Å². The largest absolute Gasteiger partial charge is 0.480 e. The van der Waals surface area contributed by atoms with Gasteiger partial charge in [-0.15, -0.1) is 0 Å². The van der Waals surface area contributed by atoms with Gasteiger partial charge in [-0.05, 0) is 32.4 Å². The molecule has 0 spiro atoms. The summed E-state index contributed by atoms with van der Waals surface area (Å²) in [6, 6.07) is 5.05. The second-order valence-corrected chi connectivity index (χ2v) is 6.15. The fraction of sp³-hybridized carbons (Fsp3) is 0.429. The van der Waals surface area contributed by atoms with Crippen LogP contribution in [0.5, 0.6) is 0 Å². The SMILES string of the molecule is CCNC(=O)CC[C@H](N)C(=O)O.Cc1ccc(S(=O)(=O)O)cc1. The fourth-order valence-electron chi connectivity index (χ4n) is 1.41. The second kappa shape index (κ2) is 9.93. The van der Waals surface area contributed by atoms with Gasteiger partial charge in [-0.2, -0.15) is 8.42 Å². The first-order chi connectivity index (χ1) is 10.6. The summed E-state index contributed by atoms with van der Waals surface area (Å²) in [6.45, 7) is 4.20. The van der Waals surface area contributed by atoms with Crippen LogP contribution in [-0.4, -0.2) is 42.5 Å². The van der Waals surface area contributed by atoms with E-state index in [9.17, 15) is 18.0 Å². The maximum absolute atomic E-state index is 10.8. The molecule has 5 N–H and O–H groups in total. The number of aryl methyl sites for hydroxylation is 1. The van der Waals surface area contributed by atoms with E-state index in [4.69, 9.17) is 15.4 Å². The highest BCUT2D eigenvalue weighted by Gasteiger charge is 2.12. The van der Waals surface area contributed by atoms with Gasteiger partial charge >= 0.3 is 5.97 Å². The lowest BCUT2D eigenvalue weighted by atomic mass is 10.1. The summed E-state index contributed by atoms with van der Waals surface area (Å²) in [4.78, 5) is 21.0. The van der Waals surface area contributed by atoms with E-state index in [1.54, 1.807) is 19.1 Å². The molecule has 0 saturated heterocycles. The van der Waals surface area contributed by atoms with E-state index < -0.39 is 22.1 Å². The lowest BCUT2D eigenvalue weighted by Crippen LogP contribution is -2.32. The van der Waals surface area contributed by atoms with Crippen molar-refractivity contribution in [1.29, 1.82) is 0 Å². The van der Waals surface area contributed by atoms with Crippen molar-refractivity contribution in [1.82, 2.24) is 5.32 Å². The van der Waals surface area contributed by atoms with E-state index in [2.05, 4.69) is 5.32 Å². The van der Waals surface area contributed by atoms with Crippen molar-refractivity contribution in [3.05, 3.63) is 29.8 Å². The highest BCUT2D eigenvalue weighted by Crippen LogP contribution is 2.08. The molecular formula is C14H22N2O6S. The van der Waals surface area contributed by atoms with Crippen molar-refractivity contribution in [2.75, 3.05) is 6.54 Å². The molecule has 0 aromatic heterocycles. The molecule has 0 heterocycles. The minimum atomic E-state index is -4.02. The van der Waals surface area contributed by atoms with Crippen LogP contribution < -0.4 is 11.1 Å². The van der Waals surface area contributed by atoms with Gasteiger partial charge in [0.1, 0.15) is 6.04 Å². The minimum Gasteiger partial charge on any atom is -0.480 e. The van der Waals surface area contributed by atoms with Gasteiger partial charge in [0.15, 0.2) is 0 Å². The fourth-order valence-corrected chi connectivity index (χ4v) is 1.89. The molecule has 23 heavy (non-hydrogen) atoms. The third-order valence-electron chi connectivity index (χ3n) is 2.69. The van der Waals surface area contributed by atoms with Crippen LogP contribution in [0.2, 0.25) is 0 Å². The molecule has 0 aliphatic rings. The van der Waals surface area contributed by atoms with Crippen LogP contribution in [0.15, 0.2) is 29.2 Å². The molecule has 8 nitrogen and oxygen atoms in total. The summed E-state index contributed by atoms with van der Waals surface area (Å²) >= 11 is 0. The Morgan fingerprint density at radius 3 is 2.17 bits per heavy atom. The van der Waals surface area contributed by atoms with E-state index in [1.807, 2.05) is 6.92 Å². The van der Waals surface area contributed by atoms with E-state index in [0.717, 1.165) is 5.56 Å². The van der Waals surface area contributed by atoms with E-state index >= 15 is 0 Å². The van der Waals surface area contributed by atoms with Crippen LogP contribution in [-0.2, 0) is 19.7 Å². The van der Waals surface area contributed by atoms with Gasteiger partial charge in [0, 0.05) is 13.0 Å². The van der Waals surface area contributed by atoms with Crippen LogP contribution in [0.3, 0.4) is 0 Å². The number of carbonyl (C=O) groups excluding carboxylic acids is 1. The molecule has 1 atom stereocenters. The van der Waals surface area contributed by atoms with Crippen LogP contribution in [0.25, 0.3) is 0 Å². The molecule has 1 aromatic carbocycles. The van der Waals surface area contributed by atoms with Gasteiger partial charge in [-0.1, -0.05) is 17.7 Å². The summed E-state index contributed by atoms with van der Waals surface area (Å²) < 4.78 is 29.6. The van der Waals surface area contributed by atoms with Gasteiger partial charge in [0.05, 0.1) is 4.90 Å². The third-order valence-corrected chi connectivity index (χ3v) is 3.56. The molecule has 0 aliphatic carbocycles. The second-order valence-electron chi connectivity index (χ2n) is 4.73. The van der Waals surface area contributed by atoms with Crippen molar-refractivity contribution in [3.8, 4) is 0 Å². The molecule has 0 fully saturated rings. The number of nitrogens with two attached hydrogens (primary N) is 1. The van der Waals surface area contributed by atoms with Crippen molar-refractivity contribution in [2.45, 2.75) is 37.6 Å². The molecule has 0 bridgehead atoms. The summed E-state index contributed by atoms with van der Waals surface area (Å²) in [5, 5.41) is 10.9.